The molecule has 0 heterocycles. The normalized spacial score (nSPS) is 11.2. The summed E-state index contributed by atoms with van der Waals surface area (Å²) < 4.78 is 0. The van der Waals surface area contributed by atoms with Crippen molar-refractivity contribution in [1.29, 1.82) is 0 Å². The zero-order valence-corrected chi connectivity index (χ0v) is 24.3. The second-order valence-electron chi connectivity index (χ2n) is 11.2. The molecule has 0 aromatic heterocycles. The molecule has 0 N–H and O–H groups in total. The van der Waals surface area contributed by atoms with Crippen molar-refractivity contribution in [3.63, 3.8) is 0 Å². The third kappa shape index (κ3) is 4.40. The van der Waals surface area contributed by atoms with Gasteiger partial charge in [-0.05, 0) is 77.2 Å². The molecule has 0 saturated heterocycles. The summed E-state index contributed by atoms with van der Waals surface area (Å²) in [4.78, 5) is 0. The quantitative estimate of drug-likeness (QED) is 0.184. The second kappa shape index (κ2) is 11.2. The molecule has 8 aromatic carbocycles. The molecule has 0 aliphatic heterocycles. The van der Waals surface area contributed by atoms with E-state index >= 15 is 0 Å². The Balaban J connectivity index is 1.51. The van der Waals surface area contributed by atoms with Crippen molar-refractivity contribution in [3.05, 3.63) is 182 Å². The van der Waals surface area contributed by atoms with Gasteiger partial charge in [-0.3, -0.25) is 0 Å². The Morgan fingerprint density at radius 1 is 0.182 bits per heavy atom. The van der Waals surface area contributed by atoms with E-state index in [-0.39, 0.29) is 0 Å². The maximum Gasteiger partial charge on any atom is -0.00199 e. The topological polar surface area (TPSA) is 0 Å². The largest absolute Gasteiger partial charge is 0.0622 e. The van der Waals surface area contributed by atoms with E-state index in [1.54, 1.807) is 0 Å². The highest BCUT2D eigenvalue weighted by atomic mass is 14.2. The van der Waals surface area contributed by atoms with Gasteiger partial charge < -0.3 is 0 Å². The molecule has 0 heteroatoms. The summed E-state index contributed by atoms with van der Waals surface area (Å²) >= 11 is 0. The van der Waals surface area contributed by atoms with Crippen LogP contribution in [0.15, 0.2) is 182 Å². The summed E-state index contributed by atoms with van der Waals surface area (Å²) in [7, 11) is 0. The predicted octanol–water partition coefficient (Wildman–Crippen LogP) is 12.3. The molecule has 0 spiro atoms. The van der Waals surface area contributed by atoms with Gasteiger partial charge >= 0.3 is 0 Å². The first-order chi connectivity index (χ1) is 21.9. The van der Waals surface area contributed by atoms with Crippen LogP contribution in [0.4, 0.5) is 0 Å². The van der Waals surface area contributed by atoms with Gasteiger partial charge in [-0.25, -0.2) is 0 Å². The molecule has 0 radical (unpaired) electrons. The van der Waals surface area contributed by atoms with Gasteiger partial charge in [-0.15, -0.1) is 0 Å². The lowest BCUT2D eigenvalue weighted by Crippen LogP contribution is -1.95. The standard InChI is InChI=1S/C44H30/c1-4-17-31(18-5-1)34-23-10-11-24-36(34)43-37-25-12-14-27-39(37)44(40-28-15-13-26-38(40)43)41-30-16-29-35(32-19-6-2-7-20-32)42(41)33-21-8-3-9-22-33/h1-30H. The molecule has 0 unspecified atom stereocenters. The second-order valence-corrected chi connectivity index (χ2v) is 11.2. The van der Waals surface area contributed by atoms with Crippen LogP contribution in [0.2, 0.25) is 0 Å². The molecule has 0 nitrogen and oxygen atoms in total. The summed E-state index contributed by atoms with van der Waals surface area (Å²) in [5, 5.41) is 5.03. The van der Waals surface area contributed by atoms with Crippen molar-refractivity contribution in [2.45, 2.75) is 0 Å². The molecule has 0 saturated carbocycles. The third-order valence-corrected chi connectivity index (χ3v) is 8.69. The predicted molar refractivity (Wildman–Crippen MR) is 189 cm³/mol. The van der Waals surface area contributed by atoms with Gasteiger partial charge in [0.15, 0.2) is 0 Å². The smallest absolute Gasteiger partial charge is 0.00199 e. The van der Waals surface area contributed by atoms with Crippen molar-refractivity contribution in [1.82, 2.24) is 0 Å². The van der Waals surface area contributed by atoms with E-state index in [1.807, 2.05) is 0 Å². The van der Waals surface area contributed by atoms with Crippen LogP contribution >= 0.6 is 0 Å². The first-order valence-electron chi connectivity index (χ1n) is 15.2. The van der Waals surface area contributed by atoms with E-state index < -0.39 is 0 Å². The lowest BCUT2D eigenvalue weighted by molar-refractivity contribution is 1.57. The minimum absolute atomic E-state index is 1.22. The lowest BCUT2D eigenvalue weighted by Gasteiger charge is -2.22. The van der Waals surface area contributed by atoms with Crippen LogP contribution in [0, 0.1) is 0 Å². The van der Waals surface area contributed by atoms with Crippen LogP contribution in [0.25, 0.3) is 77.2 Å². The van der Waals surface area contributed by atoms with Crippen molar-refractivity contribution in [2.24, 2.45) is 0 Å². The van der Waals surface area contributed by atoms with Crippen molar-refractivity contribution >= 4 is 21.5 Å². The monoisotopic (exact) mass is 558 g/mol. The zero-order chi connectivity index (χ0) is 29.3. The number of hydrogen-bond donors (Lipinski definition) is 0. The summed E-state index contributed by atoms with van der Waals surface area (Å²) in [6.45, 7) is 0. The van der Waals surface area contributed by atoms with E-state index in [2.05, 4.69) is 182 Å². The Labute approximate surface area is 258 Å². The van der Waals surface area contributed by atoms with Gasteiger partial charge in [0.25, 0.3) is 0 Å². The number of rotatable bonds is 5. The van der Waals surface area contributed by atoms with Crippen LogP contribution in [0.3, 0.4) is 0 Å². The molecule has 0 aliphatic carbocycles. The molecule has 44 heavy (non-hydrogen) atoms. The van der Waals surface area contributed by atoms with Crippen molar-refractivity contribution < 1.29 is 0 Å². The van der Waals surface area contributed by atoms with Gasteiger partial charge in [-0.1, -0.05) is 182 Å². The minimum Gasteiger partial charge on any atom is -0.0622 e. The average Bonchev–Trinajstić information content (AvgIpc) is 3.11. The van der Waals surface area contributed by atoms with E-state index in [0.717, 1.165) is 0 Å². The van der Waals surface area contributed by atoms with Gasteiger partial charge in [0, 0.05) is 0 Å². The Bertz CT molecular complexity index is 2190. The minimum atomic E-state index is 1.22. The first-order valence-corrected chi connectivity index (χ1v) is 15.2. The van der Waals surface area contributed by atoms with E-state index in [0.29, 0.717) is 0 Å². The number of hydrogen-bond acceptors (Lipinski definition) is 0. The molecule has 8 aromatic rings. The molecule has 0 atom stereocenters. The molecule has 206 valence electrons. The summed E-state index contributed by atoms with van der Waals surface area (Å²) in [5.41, 5.74) is 12.4. The van der Waals surface area contributed by atoms with Crippen LogP contribution in [-0.4, -0.2) is 0 Å². The molecule has 0 amide bonds. The molecule has 0 fully saturated rings. The highest BCUT2D eigenvalue weighted by molar-refractivity contribution is 6.23. The highest BCUT2D eigenvalue weighted by Gasteiger charge is 2.22. The van der Waals surface area contributed by atoms with E-state index in [4.69, 9.17) is 0 Å². The van der Waals surface area contributed by atoms with E-state index in [1.165, 1.54) is 77.2 Å². The fraction of sp³-hybridized carbons (Fsp3) is 0. The van der Waals surface area contributed by atoms with Crippen LogP contribution < -0.4 is 0 Å². The molecule has 0 bridgehead atoms. The number of benzene rings is 8. The molecule has 8 rings (SSSR count). The van der Waals surface area contributed by atoms with E-state index in [9.17, 15) is 0 Å². The Kier molecular flexibility index (Phi) is 6.59. The Hall–Kier alpha value is -5.72. The first kappa shape index (κ1) is 25.9. The van der Waals surface area contributed by atoms with Crippen LogP contribution in [0.1, 0.15) is 0 Å². The molecule has 0 aliphatic rings. The maximum atomic E-state index is 2.31. The van der Waals surface area contributed by atoms with Gasteiger partial charge in [0.05, 0.1) is 0 Å². The van der Waals surface area contributed by atoms with Crippen molar-refractivity contribution in [2.75, 3.05) is 0 Å². The third-order valence-electron chi connectivity index (χ3n) is 8.69. The summed E-state index contributed by atoms with van der Waals surface area (Å²) in [5.74, 6) is 0. The molecular formula is C44H30. The fourth-order valence-corrected chi connectivity index (χ4v) is 6.81. The fourth-order valence-electron chi connectivity index (χ4n) is 6.81. The highest BCUT2D eigenvalue weighted by Crippen LogP contribution is 2.49. The number of fused-ring (bicyclic) bond motifs is 2. The van der Waals surface area contributed by atoms with Crippen LogP contribution in [-0.2, 0) is 0 Å². The van der Waals surface area contributed by atoms with Gasteiger partial charge in [0.2, 0.25) is 0 Å². The summed E-state index contributed by atoms with van der Waals surface area (Å²) in [6, 6.07) is 65.9. The Morgan fingerprint density at radius 2 is 0.523 bits per heavy atom. The Morgan fingerprint density at radius 3 is 1.05 bits per heavy atom. The van der Waals surface area contributed by atoms with Gasteiger partial charge in [0.1, 0.15) is 0 Å². The van der Waals surface area contributed by atoms with Crippen molar-refractivity contribution in [3.8, 4) is 55.6 Å². The van der Waals surface area contributed by atoms with Crippen LogP contribution in [0.5, 0.6) is 0 Å². The zero-order valence-electron chi connectivity index (χ0n) is 24.3. The lowest BCUT2D eigenvalue weighted by atomic mass is 9.81. The SMILES string of the molecule is c1ccc(-c2ccccc2-c2c3ccccc3c(-c3cccc(-c4ccccc4)c3-c3ccccc3)c3ccccc23)cc1. The average molecular weight is 559 g/mol. The summed E-state index contributed by atoms with van der Waals surface area (Å²) in [6.07, 6.45) is 0. The molecular weight excluding hydrogens is 528 g/mol. The van der Waals surface area contributed by atoms with Gasteiger partial charge in [-0.2, -0.15) is 0 Å². The maximum absolute atomic E-state index is 2.31.